The minimum atomic E-state index is -3.51. The molecule has 1 aliphatic heterocycles. The van der Waals surface area contributed by atoms with Crippen molar-refractivity contribution >= 4 is 32.0 Å². The van der Waals surface area contributed by atoms with Gasteiger partial charge in [0, 0.05) is 0 Å². The van der Waals surface area contributed by atoms with Crippen LogP contribution < -0.4 is 3.58 Å². The van der Waals surface area contributed by atoms with Crippen molar-refractivity contribution in [2.75, 3.05) is 0 Å². The maximum atomic E-state index is 13.5. The van der Waals surface area contributed by atoms with Crippen molar-refractivity contribution in [2.24, 2.45) is 0 Å². The molecule has 182 valence electrons. The van der Waals surface area contributed by atoms with E-state index >= 15 is 0 Å². The summed E-state index contributed by atoms with van der Waals surface area (Å²) in [4.78, 5) is 0.398. The normalized spacial score (nSPS) is 16.8. The Kier molecular flexibility index (Phi) is 9.50. The number of hydrogen-bond donors (Lipinski definition) is 0. The number of fused-ring (bicyclic) bond motifs is 1. The number of hydrogen-bond acceptors (Lipinski definition) is 2. The monoisotopic (exact) mass is 577 g/mol. The van der Waals surface area contributed by atoms with Gasteiger partial charge in [0.15, 0.2) is 0 Å². The van der Waals surface area contributed by atoms with Crippen LogP contribution >= 0.6 is 0 Å². The number of sulfonamides is 1. The number of benzene rings is 2. The van der Waals surface area contributed by atoms with E-state index in [0.717, 1.165) is 5.56 Å². The zero-order chi connectivity index (χ0) is 24.1. The van der Waals surface area contributed by atoms with Crippen LogP contribution in [0, 0.1) is 6.92 Å². The SMILES string of the molecule is CCC[CH2][Sn]([CH2]CCC)([CH2]CCC)[c]1ccc2c(c1)C(C)N(S(=O)(=O)c1ccc(C)cc1)C2. The summed E-state index contributed by atoms with van der Waals surface area (Å²) < 4.78 is 34.6. The van der Waals surface area contributed by atoms with E-state index in [1.165, 1.54) is 63.0 Å². The van der Waals surface area contributed by atoms with Crippen LogP contribution in [0.1, 0.15) is 89.0 Å². The van der Waals surface area contributed by atoms with Crippen molar-refractivity contribution in [3.8, 4) is 0 Å². The molecule has 3 rings (SSSR count). The van der Waals surface area contributed by atoms with E-state index in [9.17, 15) is 8.42 Å². The first-order valence-corrected chi connectivity index (χ1v) is 21.9. The molecule has 0 radical (unpaired) electrons. The number of aryl methyl sites for hydroxylation is 1. The van der Waals surface area contributed by atoms with Gasteiger partial charge in [-0.05, 0) is 0 Å². The first kappa shape index (κ1) is 26.7. The Morgan fingerprint density at radius 1 is 0.879 bits per heavy atom. The predicted octanol–water partition coefficient (Wildman–Crippen LogP) is 7.32. The van der Waals surface area contributed by atoms with Crippen LogP contribution in [-0.2, 0) is 16.6 Å². The van der Waals surface area contributed by atoms with E-state index < -0.39 is 28.4 Å². The predicted molar refractivity (Wildman–Crippen MR) is 143 cm³/mol. The standard InChI is InChI=1S/C16H16NO2S.3C4H9.Sn/c1-12-7-9-15(10-8-12)20(18,19)17-11-14-5-3-4-6-16(14)13(17)2;3*1-3-4-2;/h3,5-10,13H,11H2,1-2H3;3*1,3-4H2,2H3;. The molecule has 1 aliphatic rings. The molecular formula is C28H43NO2SSn. The number of unbranched alkanes of at least 4 members (excludes halogenated alkanes) is 3. The van der Waals surface area contributed by atoms with Gasteiger partial charge in [-0.15, -0.1) is 0 Å². The van der Waals surface area contributed by atoms with Gasteiger partial charge < -0.3 is 0 Å². The van der Waals surface area contributed by atoms with Crippen molar-refractivity contribution < 1.29 is 8.42 Å². The summed E-state index contributed by atoms with van der Waals surface area (Å²) in [6.45, 7) is 11.5. The Labute approximate surface area is 206 Å². The summed E-state index contributed by atoms with van der Waals surface area (Å²) in [5.41, 5.74) is 3.50. The molecule has 0 spiro atoms. The molecule has 0 aromatic heterocycles. The molecular weight excluding hydrogens is 533 g/mol. The first-order valence-electron chi connectivity index (χ1n) is 13.0. The molecule has 3 nitrogen and oxygen atoms in total. The molecule has 0 saturated heterocycles. The molecule has 0 fully saturated rings. The Morgan fingerprint density at radius 3 is 1.94 bits per heavy atom. The van der Waals surface area contributed by atoms with Gasteiger partial charge in [0.25, 0.3) is 0 Å². The second-order valence-corrected chi connectivity index (χ2v) is 25.2. The van der Waals surface area contributed by atoms with Gasteiger partial charge in [0.2, 0.25) is 0 Å². The average molecular weight is 576 g/mol. The van der Waals surface area contributed by atoms with Gasteiger partial charge in [-0.1, -0.05) is 0 Å². The summed E-state index contributed by atoms with van der Waals surface area (Å²) in [6, 6.07) is 14.3. The summed E-state index contributed by atoms with van der Waals surface area (Å²) in [5.74, 6) is 0. The molecule has 1 heterocycles. The second kappa shape index (κ2) is 11.7. The molecule has 0 amide bonds. The fourth-order valence-corrected chi connectivity index (χ4v) is 23.0. The van der Waals surface area contributed by atoms with Crippen molar-refractivity contribution in [1.82, 2.24) is 4.31 Å². The van der Waals surface area contributed by atoms with E-state index in [2.05, 4.69) is 45.9 Å². The Bertz CT molecular complexity index is 995. The molecule has 1 unspecified atom stereocenters. The van der Waals surface area contributed by atoms with Crippen molar-refractivity contribution in [2.45, 2.75) is 104 Å². The average Bonchev–Trinajstić information content (AvgIpc) is 3.16. The third-order valence-electron chi connectivity index (χ3n) is 7.62. The fraction of sp³-hybridized carbons (Fsp3) is 0.571. The summed E-state index contributed by atoms with van der Waals surface area (Å²) in [5, 5.41) is 0. The van der Waals surface area contributed by atoms with Crippen LogP contribution in [0.25, 0.3) is 0 Å². The van der Waals surface area contributed by atoms with Gasteiger partial charge in [0.05, 0.1) is 0 Å². The fourth-order valence-electron chi connectivity index (χ4n) is 5.41. The van der Waals surface area contributed by atoms with E-state index in [-0.39, 0.29) is 6.04 Å². The molecule has 1 atom stereocenters. The molecule has 2 aromatic carbocycles. The molecule has 2 aromatic rings. The van der Waals surface area contributed by atoms with E-state index in [0.29, 0.717) is 11.4 Å². The molecule has 0 bridgehead atoms. The quantitative estimate of drug-likeness (QED) is 0.249. The number of nitrogens with zero attached hydrogens (tertiary/aromatic N) is 1. The van der Waals surface area contributed by atoms with E-state index in [4.69, 9.17) is 0 Å². The van der Waals surface area contributed by atoms with Crippen LogP contribution in [0.5, 0.6) is 0 Å². The third-order valence-corrected chi connectivity index (χ3v) is 25.2. The van der Waals surface area contributed by atoms with Crippen LogP contribution in [0.3, 0.4) is 0 Å². The third kappa shape index (κ3) is 5.87. The van der Waals surface area contributed by atoms with Crippen LogP contribution in [0.4, 0.5) is 0 Å². The maximum absolute atomic E-state index is 13.5. The first-order chi connectivity index (χ1) is 15.8. The number of rotatable bonds is 12. The van der Waals surface area contributed by atoms with Gasteiger partial charge in [0.1, 0.15) is 0 Å². The molecule has 0 saturated carbocycles. The van der Waals surface area contributed by atoms with Gasteiger partial charge in [-0.3, -0.25) is 0 Å². The summed E-state index contributed by atoms with van der Waals surface area (Å²) >= 11 is -2.55. The van der Waals surface area contributed by atoms with Crippen molar-refractivity contribution in [3.63, 3.8) is 0 Å². The molecule has 5 heteroatoms. The Morgan fingerprint density at radius 2 is 1.42 bits per heavy atom. The second-order valence-electron chi connectivity index (χ2n) is 10.0. The van der Waals surface area contributed by atoms with Crippen molar-refractivity contribution in [3.05, 3.63) is 59.2 Å². The zero-order valence-corrected chi connectivity index (χ0v) is 25.0. The molecule has 33 heavy (non-hydrogen) atoms. The van der Waals surface area contributed by atoms with E-state index in [1.54, 1.807) is 20.0 Å². The molecule has 0 N–H and O–H groups in total. The zero-order valence-electron chi connectivity index (χ0n) is 21.4. The van der Waals surface area contributed by atoms with Crippen LogP contribution in [-0.4, -0.2) is 31.1 Å². The van der Waals surface area contributed by atoms with Gasteiger partial charge in [-0.2, -0.15) is 0 Å². The van der Waals surface area contributed by atoms with Crippen LogP contribution in [0.15, 0.2) is 47.4 Å². The van der Waals surface area contributed by atoms with Crippen LogP contribution in [0.2, 0.25) is 13.3 Å². The van der Waals surface area contributed by atoms with Gasteiger partial charge >= 0.3 is 208 Å². The molecule has 0 aliphatic carbocycles. The summed E-state index contributed by atoms with van der Waals surface area (Å²) in [7, 11) is -3.51. The Balaban J connectivity index is 1.97. The minimum absolute atomic E-state index is 0.112. The Hall–Kier alpha value is -0.851. The summed E-state index contributed by atoms with van der Waals surface area (Å²) in [6.07, 6.45) is 7.81. The van der Waals surface area contributed by atoms with Crippen molar-refractivity contribution in [1.29, 1.82) is 0 Å². The van der Waals surface area contributed by atoms with E-state index in [1.807, 2.05) is 19.1 Å². The topological polar surface area (TPSA) is 37.4 Å². The van der Waals surface area contributed by atoms with Gasteiger partial charge in [-0.25, -0.2) is 0 Å².